The number of rotatable bonds is 6. The predicted octanol–water partition coefficient (Wildman–Crippen LogP) is 31.7. The van der Waals surface area contributed by atoms with Crippen LogP contribution in [0.4, 0.5) is 34.1 Å². The minimum absolute atomic E-state index is 0.0977. The van der Waals surface area contributed by atoms with E-state index in [1.54, 1.807) is 12.1 Å². The molecule has 0 N–H and O–H groups in total. The Morgan fingerprint density at radius 2 is 0.545 bits per heavy atom. The topological polar surface area (TPSA) is 26.2 Å². The number of fused-ring (bicyclic) bond motifs is 32. The quantitative estimate of drug-likeness (QED) is 0.155. The second kappa shape index (κ2) is 29.0. The zero-order valence-corrected chi connectivity index (χ0v) is 75.7. The van der Waals surface area contributed by atoms with Gasteiger partial charge in [-0.1, -0.05) is 178 Å². The van der Waals surface area contributed by atoms with E-state index >= 15 is 0 Å². The first-order valence-electron chi connectivity index (χ1n) is 59.7. The molecular weight excluding hydrogens is 1690 g/mol. The molecule has 3 aliphatic rings. The zero-order chi connectivity index (χ0) is 116. The Hall–Kier alpha value is -15.4. The van der Waals surface area contributed by atoms with Crippen molar-refractivity contribution in [1.82, 2.24) is 18.3 Å². The van der Waals surface area contributed by atoms with E-state index in [0.29, 0.717) is 50.5 Å². The van der Waals surface area contributed by atoms with Crippen molar-refractivity contribution in [3.63, 3.8) is 0 Å². The predicted molar refractivity (Wildman–Crippen MR) is 572 cm³/mol. The summed E-state index contributed by atoms with van der Waals surface area (Å²) in [6.07, 6.45) is 0. The number of anilines is 6. The van der Waals surface area contributed by atoms with Crippen LogP contribution >= 0.6 is 0 Å². The van der Waals surface area contributed by atoms with Crippen LogP contribution < -0.4 is 26.2 Å². The van der Waals surface area contributed by atoms with E-state index in [1.165, 1.54) is 17.7 Å². The molecule has 134 heavy (non-hydrogen) atoms. The average Bonchev–Trinajstić information content (AvgIpc) is 1.17. The molecule has 8 heterocycles. The first-order valence-corrected chi connectivity index (χ1v) is 46.4. The molecule has 13 bridgehead atoms. The molecule has 636 valence electrons. The second-order valence-electron chi connectivity index (χ2n) is 38.1. The summed E-state index contributed by atoms with van der Waals surface area (Å²) in [6, 6.07) is 52.6. The fraction of sp³-hybridized carbons (Fsp3) is 0.0952. The van der Waals surface area contributed by atoms with E-state index < -0.39 is 238 Å². The maximum absolute atomic E-state index is 11.0. The fourth-order valence-corrected chi connectivity index (χ4v) is 23.0. The van der Waals surface area contributed by atoms with E-state index in [2.05, 4.69) is 218 Å². The molecule has 0 atom stereocenters. The molecule has 5 aromatic heterocycles. The summed E-state index contributed by atoms with van der Waals surface area (Å²) >= 11 is -0.103. The Balaban J connectivity index is 0.845. The Bertz CT molecular complexity index is 10400. The summed E-state index contributed by atoms with van der Waals surface area (Å²) in [6.45, 7) is 18.3. The van der Waals surface area contributed by atoms with Crippen LogP contribution in [-0.4, -0.2) is 39.5 Å². The van der Waals surface area contributed by atoms with Gasteiger partial charge in [-0.3, -0.25) is 0 Å². The molecule has 0 radical (unpaired) electrons. The molecule has 24 aromatic rings. The number of benzene rings is 19. The van der Waals surface area contributed by atoms with Crippen LogP contribution in [0.2, 0.25) is 0 Å². The summed E-state index contributed by atoms with van der Waals surface area (Å²) in [5, 5.41) is -0.742. The number of aromatic nitrogens is 4. The molecule has 0 saturated heterocycles. The van der Waals surface area contributed by atoms with Gasteiger partial charge in [0.15, 0.2) is 0 Å². The molecule has 19 aromatic carbocycles. The molecule has 0 saturated carbocycles. The van der Waals surface area contributed by atoms with Gasteiger partial charge in [-0.05, 0) is 95.6 Å². The van der Waals surface area contributed by atoms with Gasteiger partial charge in [0, 0.05) is 65.8 Å². The maximum atomic E-state index is 11.0. The van der Waals surface area contributed by atoms with Gasteiger partial charge >= 0.3 is 382 Å². The molecular formula is C126H93BN6Se. The van der Waals surface area contributed by atoms with Gasteiger partial charge in [-0.25, -0.2) is 0 Å². The van der Waals surface area contributed by atoms with E-state index in [1.807, 2.05) is 60.7 Å². The molecule has 0 fully saturated rings. The van der Waals surface area contributed by atoms with E-state index in [9.17, 15) is 35.6 Å². The summed E-state index contributed by atoms with van der Waals surface area (Å²) in [7, 11) is 0. The molecule has 0 aliphatic carbocycles. The summed E-state index contributed by atoms with van der Waals surface area (Å²) in [4.78, 5) is 4.54. The monoisotopic (exact) mass is 1810 g/mol. The van der Waals surface area contributed by atoms with Crippen molar-refractivity contribution in [2.75, 3.05) is 9.80 Å². The third-order valence-corrected chi connectivity index (χ3v) is 29.7. The van der Waals surface area contributed by atoms with Crippen LogP contribution in [0.15, 0.2) is 400 Å². The summed E-state index contributed by atoms with van der Waals surface area (Å²) in [5.41, 5.74) is 11.2. The van der Waals surface area contributed by atoms with Crippen molar-refractivity contribution in [3.05, 3.63) is 416 Å². The number of nitrogens with zero attached hydrogens (tertiary/aromatic N) is 6. The van der Waals surface area contributed by atoms with Gasteiger partial charge in [0.2, 0.25) is 0 Å². The Morgan fingerprint density at radius 3 is 0.910 bits per heavy atom. The van der Waals surface area contributed by atoms with Crippen LogP contribution in [0.5, 0.6) is 0 Å². The molecule has 0 unspecified atom stereocenters. The van der Waals surface area contributed by atoms with Gasteiger partial charge in [-0.15, -0.1) is 0 Å². The summed E-state index contributed by atoms with van der Waals surface area (Å²) in [5.74, 6) is 0. The van der Waals surface area contributed by atoms with Gasteiger partial charge in [0.05, 0.1) is 85.3 Å². The van der Waals surface area contributed by atoms with E-state index in [4.69, 9.17) is 5.48 Å². The van der Waals surface area contributed by atoms with Crippen molar-refractivity contribution in [1.29, 1.82) is 0 Å². The van der Waals surface area contributed by atoms with Gasteiger partial charge in [0.1, 0.15) is 0 Å². The number of para-hydroxylation sites is 6. The van der Waals surface area contributed by atoms with Gasteiger partial charge in [0.25, 0.3) is 6.71 Å². The van der Waals surface area contributed by atoms with Crippen molar-refractivity contribution in [2.45, 2.75) is 78.6 Å². The summed E-state index contributed by atoms with van der Waals surface area (Å²) < 4.78 is 303. The molecule has 8 heteroatoms. The fourth-order valence-electron chi connectivity index (χ4n) is 20.8. The molecule has 27 rings (SSSR count). The number of hydrogen-bond donors (Lipinski definition) is 0. The standard InChI is InChI=1S/C126H93BN6Se/c1-124(2,3)84-66-97(76-30-12-10-13-31-76)122-99(68-84)82-36-28-34-78(62-82)80-50-60-119-103(64-80)104-65-81(51-61-120(104)134-119)79-35-29-37-83(63-79)100-69-85(125(4,5)6)67-98(77-32-14-11-15-33-77)123(100)133-116-75-90(131-112-49-27-21-43-96(112)102-73-88(55-59-114(102)131)129-109-46-24-18-40-93(109)94-41-19-25-47-110(94)129)53-57-106(116)127-105-56-52-89(74-115(105)132(122)117-70-86(126(7,8)9)71-118(133)121(117)127)130-111-48-26-20-42-95(111)101-72-87(54-58-113(101)130)128-107-44-22-16-38-91(107)92-39-17-23-45-108(92)128/h10-75H,1-9H3/i16D,17D,18D,19D,20D,21D,22D,23D,24D,25D,26D,27D,38D,39D,40D,41D,42D,43D,44D,45D,46D,47D,48D,49D,54D,55D,58D,59D,72D,73D. The van der Waals surface area contributed by atoms with Gasteiger partial charge in [-0.2, -0.15) is 0 Å². The normalized spacial score (nSPS) is 16.2. The molecule has 3 aliphatic heterocycles. The third kappa shape index (κ3) is 11.8. The minimum atomic E-state index is -1.04. The van der Waals surface area contributed by atoms with E-state index in [0.717, 1.165) is 103 Å². The van der Waals surface area contributed by atoms with Crippen LogP contribution in [0.1, 0.15) is 120 Å². The molecule has 6 nitrogen and oxygen atoms in total. The van der Waals surface area contributed by atoms with Crippen LogP contribution in [0, 0.1) is 0 Å². The van der Waals surface area contributed by atoms with Gasteiger partial charge < -0.3 is 18.3 Å². The van der Waals surface area contributed by atoms with Crippen molar-refractivity contribution in [3.8, 4) is 89.5 Å². The van der Waals surface area contributed by atoms with Crippen molar-refractivity contribution in [2.24, 2.45) is 0 Å². The molecule has 0 spiro atoms. The number of hydrogen-bond acceptors (Lipinski definition) is 2. The van der Waals surface area contributed by atoms with Crippen LogP contribution in [0.25, 0.3) is 196 Å². The zero-order valence-electron chi connectivity index (χ0n) is 104. The SMILES string of the molecule is [2H]c1c([2H])c([2H])c2c(c1[2H])c1c([2H])c(-n3c4c([2H])c([2H])c([2H])c([2H])c4c4c([2H])c([2H])c([2H])c([2H])c43)c([2H])c([2H])c1n2-c1ccc2c(c1)N1c3cc(C(C)(C)C)cc4c3B2c2ccc(-n3c5c([2H])c([2H])c([2H])c([2H])c5c5c([2H])c(-n6c7c([2H])c([2H])c([2H])c([2H])c7c7c([2H])c([2H])c([2H])c([2H])c76)c([2H])c([2H])c53)cc2N4c2c(-c3ccccc3)cc(C(C)(C)C)cc2-c2cccc(c2)-c2ccc3[se]c4ccc(cc4c3c2)-c2cccc(c2)-c2cc(C(C)(C)C)cc(-c3ccccc3)c21. The second-order valence-corrected chi connectivity index (χ2v) is 40.4. The average molecular weight is 1810 g/mol. The van der Waals surface area contributed by atoms with Crippen LogP contribution in [-0.2, 0) is 16.2 Å². The molecule has 0 amide bonds. The van der Waals surface area contributed by atoms with E-state index in [-0.39, 0.29) is 91.0 Å². The van der Waals surface area contributed by atoms with Crippen LogP contribution in [0.3, 0.4) is 0 Å². The Morgan fingerprint density at radius 1 is 0.239 bits per heavy atom. The third-order valence-electron chi connectivity index (χ3n) is 27.3. The Kier molecular flexibility index (Phi) is 11.7. The first-order chi connectivity index (χ1) is 77.8. The van der Waals surface area contributed by atoms with Crippen molar-refractivity contribution < 1.29 is 41.1 Å². The van der Waals surface area contributed by atoms with Crippen molar-refractivity contribution >= 4 is 178 Å². The Labute approximate surface area is 827 Å². The first kappa shape index (κ1) is 53.8.